The van der Waals surface area contributed by atoms with E-state index in [0.717, 1.165) is 20.3 Å². The first-order chi connectivity index (χ1) is 10.7. The number of hydrogen-bond acceptors (Lipinski definition) is 9. The molecule has 10 heteroatoms. The van der Waals surface area contributed by atoms with Crippen LogP contribution in [-0.4, -0.2) is 78.2 Å². The lowest BCUT2D eigenvalue weighted by Gasteiger charge is -2.43. The van der Waals surface area contributed by atoms with Gasteiger partial charge in [-0.2, -0.15) is 0 Å². The first-order valence-corrected chi connectivity index (χ1v) is 6.66. The van der Waals surface area contributed by atoms with E-state index in [0.29, 0.717) is 0 Å². The second kappa shape index (κ2) is 7.70. The summed E-state index contributed by atoms with van der Waals surface area (Å²) in [5.41, 5.74) is 0. The van der Waals surface area contributed by atoms with Crippen molar-refractivity contribution >= 4 is 11.9 Å². The highest BCUT2D eigenvalue weighted by molar-refractivity contribution is 5.82. The van der Waals surface area contributed by atoms with Crippen molar-refractivity contribution < 1.29 is 44.2 Å². The number of aliphatic hydroxyl groups is 3. The zero-order valence-corrected chi connectivity index (χ0v) is 12.9. The van der Waals surface area contributed by atoms with Crippen LogP contribution in [0.1, 0.15) is 6.92 Å². The number of carbonyl (C=O) groups is 2. The summed E-state index contributed by atoms with van der Waals surface area (Å²) in [6, 6.07) is -1.21. The molecule has 0 unspecified atom stereocenters. The molecule has 0 saturated carbocycles. The van der Waals surface area contributed by atoms with Gasteiger partial charge < -0.3 is 44.7 Å². The topological polar surface area (TPSA) is 158 Å². The number of nitrogens with one attached hydrogen (secondary N) is 1. The maximum atomic E-state index is 11.3. The van der Waals surface area contributed by atoms with E-state index in [9.17, 15) is 30.0 Å². The lowest BCUT2D eigenvalue weighted by Crippen LogP contribution is -2.64. The number of ether oxygens (including phenoxy) is 3. The molecular weight excluding hydrogens is 314 g/mol. The fourth-order valence-electron chi connectivity index (χ4n) is 2.29. The van der Waals surface area contributed by atoms with Gasteiger partial charge in [0.2, 0.25) is 11.7 Å². The summed E-state index contributed by atoms with van der Waals surface area (Å²) >= 11 is 0. The van der Waals surface area contributed by atoms with Crippen molar-refractivity contribution in [1.82, 2.24) is 5.32 Å². The maximum Gasteiger partial charge on any atom is 0.221 e. The first kappa shape index (κ1) is 19.3. The molecule has 1 aliphatic rings. The van der Waals surface area contributed by atoms with Gasteiger partial charge in [0, 0.05) is 21.1 Å². The van der Waals surface area contributed by atoms with E-state index < -0.39 is 54.4 Å². The number of rotatable bonds is 7. The van der Waals surface area contributed by atoms with Gasteiger partial charge in [0.05, 0.1) is 12.1 Å². The second-order valence-electron chi connectivity index (χ2n) is 4.94. The van der Waals surface area contributed by atoms with Crippen LogP contribution in [0.4, 0.5) is 0 Å². The van der Waals surface area contributed by atoms with Crippen molar-refractivity contribution in [1.29, 1.82) is 0 Å². The number of aliphatic carboxylic acids is 1. The molecule has 0 aromatic rings. The van der Waals surface area contributed by atoms with Crippen LogP contribution in [0, 0.1) is 0 Å². The molecule has 1 amide bonds. The van der Waals surface area contributed by atoms with E-state index in [1.54, 1.807) is 0 Å². The Kier molecular flexibility index (Phi) is 6.47. The summed E-state index contributed by atoms with van der Waals surface area (Å²) in [6.45, 7) is 0.369. The average Bonchev–Trinajstić information content (AvgIpc) is 2.50. The van der Waals surface area contributed by atoms with Gasteiger partial charge in [-0.15, -0.1) is 0 Å². The molecule has 0 saturated heterocycles. The molecule has 4 N–H and O–H groups in total. The minimum absolute atomic E-state index is 0.551. The molecule has 0 bridgehead atoms. The average molecular weight is 334 g/mol. The Bertz CT molecular complexity index is 466. The number of methoxy groups -OCH3 is 2. The normalized spacial score (nSPS) is 26.0. The van der Waals surface area contributed by atoms with Gasteiger partial charge in [0.15, 0.2) is 6.10 Å². The molecular formula is C13H20NO9-. The fourth-order valence-corrected chi connectivity index (χ4v) is 2.29. The van der Waals surface area contributed by atoms with E-state index in [2.05, 4.69) is 5.32 Å². The minimum atomic E-state index is -1.95. The molecule has 1 rings (SSSR count). The highest BCUT2D eigenvalue weighted by Crippen LogP contribution is 2.28. The summed E-state index contributed by atoms with van der Waals surface area (Å²) in [5.74, 6) is -4.94. The number of carboxylic acids is 1. The molecule has 0 aromatic carbocycles. The van der Waals surface area contributed by atoms with Crippen LogP contribution in [0.25, 0.3) is 0 Å². The van der Waals surface area contributed by atoms with Gasteiger partial charge in [-0.3, -0.25) is 4.79 Å². The number of carboxylic acid groups (broad SMARTS) is 1. The van der Waals surface area contributed by atoms with Crippen LogP contribution >= 0.6 is 0 Å². The van der Waals surface area contributed by atoms with Crippen LogP contribution in [-0.2, 0) is 23.8 Å². The SMILES string of the molecule is COC(CO)(OC)[C@@H](O)[C@@H]1OC(C(=O)[O-])=C[C@H](O)[C@H]1NC(C)=O. The summed E-state index contributed by atoms with van der Waals surface area (Å²) in [5, 5.41) is 43.2. The van der Waals surface area contributed by atoms with Crippen LogP contribution in [0.2, 0.25) is 0 Å². The molecule has 1 aliphatic heterocycles. The third-order valence-electron chi connectivity index (χ3n) is 3.55. The van der Waals surface area contributed by atoms with Gasteiger partial charge in [-0.05, 0) is 6.08 Å². The Labute approximate surface area is 132 Å². The quantitative estimate of drug-likeness (QED) is 0.343. The van der Waals surface area contributed by atoms with E-state index >= 15 is 0 Å². The highest BCUT2D eigenvalue weighted by atomic mass is 16.7. The van der Waals surface area contributed by atoms with Gasteiger partial charge >= 0.3 is 0 Å². The summed E-state index contributed by atoms with van der Waals surface area (Å²) in [6.07, 6.45) is -3.89. The van der Waals surface area contributed by atoms with Crippen molar-refractivity contribution in [2.24, 2.45) is 0 Å². The molecule has 23 heavy (non-hydrogen) atoms. The van der Waals surface area contributed by atoms with Crippen LogP contribution in [0.3, 0.4) is 0 Å². The van der Waals surface area contributed by atoms with E-state index in [-0.39, 0.29) is 0 Å². The maximum absolute atomic E-state index is 11.3. The van der Waals surface area contributed by atoms with Gasteiger partial charge in [0.1, 0.15) is 24.4 Å². The van der Waals surface area contributed by atoms with Crippen molar-refractivity contribution in [2.75, 3.05) is 20.8 Å². The fraction of sp³-hybridized carbons (Fsp3) is 0.692. The predicted molar refractivity (Wildman–Crippen MR) is 71.4 cm³/mol. The number of hydrogen-bond donors (Lipinski definition) is 4. The molecule has 0 radical (unpaired) electrons. The second-order valence-corrected chi connectivity index (χ2v) is 4.94. The van der Waals surface area contributed by atoms with E-state index in [1.165, 1.54) is 6.92 Å². The molecule has 132 valence electrons. The lowest BCUT2D eigenvalue weighted by atomic mass is 9.92. The molecule has 0 fully saturated rings. The van der Waals surface area contributed by atoms with Gasteiger partial charge in [-0.1, -0.05) is 0 Å². The minimum Gasteiger partial charge on any atom is -0.542 e. The molecule has 4 atom stereocenters. The van der Waals surface area contributed by atoms with E-state index in [4.69, 9.17) is 14.2 Å². The standard InChI is InChI=1S/C13H21NO9/c1-6(16)14-9-7(17)4-8(12(19)20)23-10(9)11(18)13(5-15,21-2)22-3/h4,7,9-11,15,17-18H,5H2,1-3H3,(H,14,16)(H,19,20)/p-1/t7-,9+,10+,11-/m0/s1. The smallest absolute Gasteiger partial charge is 0.221 e. The Morgan fingerprint density at radius 3 is 2.43 bits per heavy atom. The highest BCUT2D eigenvalue weighted by Gasteiger charge is 2.50. The van der Waals surface area contributed by atoms with Crippen molar-refractivity contribution in [3.8, 4) is 0 Å². The van der Waals surface area contributed by atoms with Gasteiger partial charge in [0.25, 0.3) is 0 Å². The zero-order chi connectivity index (χ0) is 17.8. The van der Waals surface area contributed by atoms with Crippen molar-refractivity contribution in [3.63, 3.8) is 0 Å². The molecule has 10 nitrogen and oxygen atoms in total. The Morgan fingerprint density at radius 1 is 1.48 bits per heavy atom. The third kappa shape index (κ3) is 3.98. The van der Waals surface area contributed by atoms with E-state index in [1.807, 2.05) is 0 Å². The monoisotopic (exact) mass is 334 g/mol. The molecule has 0 aromatic heterocycles. The summed E-state index contributed by atoms with van der Waals surface area (Å²) in [4.78, 5) is 22.2. The molecule has 0 spiro atoms. The predicted octanol–water partition coefficient (Wildman–Crippen LogP) is -3.77. The van der Waals surface area contributed by atoms with Crippen LogP contribution in [0.15, 0.2) is 11.8 Å². The first-order valence-electron chi connectivity index (χ1n) is 6.66. The zero-order valence-electron chi connectivity index (χ0n) is 12.9. The summed E-state index contributed by atoms with van der Waals surface area (Å²) < 4.78 is 15.0. The van der Waals surface area contributed by atoms with Gasteiger partial charge in [-0.25, -0.2) is 0 Å². The Hall–Kier alpha value is -1.72. The Balaban J connectivity index is 3.22. The van der Waals surface area contributed by atoms with Crippen LogP contribution in [0.5, 0.6) is 0 Å². The lowest BCUT2D eigenvalue weighted by molar-refractivity contribution is -0.312. The molecule has 1 heterocycles. The van der Waals surface area contributed by atoms with Crippen molar-refractivity contribution in [2.45, 2.75) is 37.1 Å². The largest absolute Gasteiger partial charge is 0.542 e. The van der Waals surface area contributed by atoms with Crippen molar-refractivity contribution in [3.05, 3.63) is 11.8 Å². The number of carbonyl (C=O) groups excluding carboxylic acids is 2. The number of aliphatic hydroxyl groups excluding tert-OH is 3. The summed E-state index contributed by atoms with van der Waals surface area (Å²) in [7, 11) is 2.29. The number of amides is 1. The molecule has 0 aliphatic carbocycles. The Morgan fingerprint density at radius 2 is 2.04 bits per heavy atom. The van der Waals surface area contributed by atoms with Crippen LogP contribution < -0.4 is 10.4 Å². The third-order valence-corrected chi connectivity index (χ3v) is 3.55.